The Morgan fingerprint density at radius 2 is 1.96 bits per heavy atom. The van der Waals surface area contributed by atoms with Crippen LogP contribution in [0.2, 0.25) is 0 Å². The number of hydrogen-bond acceptors (Lipinski definition) is 7. The molecule has 144 valence electrons. The van der Waals surface area contributed by atoms with Crippen LogP contribution in [0.1, 0.15) is 23.8 Å². The Morgan fingerprint density at radius 1 is 1.21 bits per heavy atom. The quantitative estimate of drug-likeness (QED) is 0.457. The number of nitrogens with one attached hydrogen (secondary N) is 2. The molecule has 0 radical (unpaired) electrons. The van der Waals surface area contributed by atoms with Crippen LogP contribution in [0, 0.1) is 0 Å². The van der Waals surface area contributed by atoms with Crippen LogP contribution in [-0.2, 0) is 4.79 Å². The Labute approximate surface area is 161 Å². The van der Waals surface area contributed by atoms with Crippen LogP contribution < -0.4 is 22.1 Å². The second-order valence-electron chi connectivity index (χ2n) is 5.97. The van der Waals surface area contributed by atoms with E-state index < -0.39 is 17.9 Å². The summed E-state index contributed by atoms with van der Waals surface area (Å²) in [5, 5.41) is 5.93. The van der Waals surface area contributed by atoms with Crippen molar-refractivity contribution in [2.24, 2.45) is 11.5 Å². The predicted molar refractivity (Wildman–Crippen MR) is 104 cm³/mol. The van der Waals surface area contributed by atoms with Gasteiger partial charge in [0.2, 0.25) is 5.91 Å². The van der Waals surface area contributed by atoms with E-state index in [2.05, 4.69) is 25.6 Å². The lowest BCUT2D eigenvalue weighted by molar-refractivity contribution is -0.118. The number of benzene rings is 1. The van der Waals surface area contributed by atoms with E-state index in [9.17, 15) is 9.59 Å². The summed E-state index contributed by atoms with van der Waals surface area (Å²) >= 11 is 0. The van der Waals surface area contributed by atoms with E-state index in [1.165, 1.54) is 6.20 Å². The van der Waals surface area contributed by atoms with Crippen molar-refractivity contribution < 1.29 is 9.59 Å². The van der Waals surface area contributed by atoms with Gasteiger partial charge >= 0.3 is 0 Å². The zero-order valence-electron chi connectivity index (χ0n) is 15.2. The molecule has 1 atom stereocenters. The molecule has 0 aliphatic rings. The van der Waals surface area contributed by atoms with Gasteiger partial charge in [0, 0.05) is 23.8 Å². The van der Waals surface area contributed by atoms with Crippen LogP contribution >= 0.6 is 0 Å². The molecule has 0 saturated carbocycles. The zero-order valence-corrected chi connectivity index (χ0v) is 15.2. The minimum atomic E-state index is -0.724. The highest BCUT2D eigenvalue weighted by Crippen LogP contribution is 2.21. The highest BCUT2D eigenvalue weighted by molar-refractivity contribution is 5.96. The Morgan fingerprint density at radius 3 is 2.54 bits per heavy atom. The standard InChI is InChI=1S/C18H20N8O2/c1-2-13(16(19)27)24-14-9-22-15(17(20)28)18(25-14)23-11-3-5-12(6-4-11)26-8-7-21-10-26/h3-10,13H,2H2,1H3,(H2,19,27)(H2,20,28)(H2,23,24,25). The fourth-order valence-corrected chi connectivity index (χ4v) is 2.54. The molecule has 0 aliphatic heterocycles. The largest absolute Gasteiger partial charge is 0.368 e. The lowest BCUT2D eigenvalue weighted by atomic mass is 10.2. The van der Waals surface area contributed by atoms with Gasteiger partial charge in [0.05, 0.1) is 12.5 Å². The van der Waals surface area contributed by atoms with Crippen LogP contribution in [0.5, 0.6) is 0 Å². The maximum absolute atomic E-state index is 11.7. The van der Waals surface area contributed by atoms with Gasteiger partial charge in [-0.05, 0) is 30.7 Å². The third-order valence-electron chi connectivity index (χ3n) is 4.01. The summed E-state index contributed by atoms with van der Waals surface area (Å²) in [7, 11) is 0. The third-order valence-corrected chi connectivity index (χ3v) is 4.01. The summed E-state index contributed by atoms with van der Waals surface area (Å²) in [6.07, 6.45) is 7.02. The molecule has 0 aliphatic carbocycles. The molecule has 3 aromatic rings. The minimum absolute atomic E-state index is 0.0173. The smallest absolute Gasteiger partial charge is 0.271 e. The van der Waals surface area contributed by atoms with Gasteiger partial charge in [-0.25, -0.2) is 15.0 Å². The number of nitrogens with two attached hydrogens (primary N) is 2. The number of primary amides is 2. The van der Waals surface area contributed by atoms with E-state index in [-0.39, 0.29) is 11.5 Å². The molecule has 0 spiro atoms. The monoisotopic (exact) mass is 380 g/mol. The van der Waals surface area contributed by atoms with Crippen molar-refractivity contribution >= 4 is 29.1 Å². The van der Waals surface area contributed by atoms with E-state index in [4.69, 9.17) is 11.5 Å². The molecule has 1 aromatic carbocycles. The van der Waals surface area contributed by atoms with Gasteiger partial charge in [-0.15, -0.1) is 0 Å². The van der Waals surface area contributed by atoms with Crippen LogP contribution in [0.25, 0.3) is 5.69 Å². The number of anilines is 3. The average molecular weight is 380 g/mol. The summed E-state index contributed by atoms with van der Waals surface area (Å²) in [5.74, 6) is -0.758. The number of imidazole rings is 1. The van der Waals surface area contributed by atoms with Crippen molar-refractivity contribution in [3.05, 3.63) is 54.9 Å². The topological polar surface area (TPSA) is 154 Å². The van der Waals surface area contributed by atoms with E-state index >= 15 is 0 Å². The molecule has 3 rings (SSSR count). The fourth-order valence-electron chi connectivity index (χ4n) is 2.54. The van der Waals surface area contributed by atoms with Gasteiger partial charge in [0.25, 0.3) is 5.91 Å². The maximum Gasteiger partial charge on any atom is 0.271 e. The number of nitrogens with zero attached hydrogens (tertiary/aromatic N) is 4. The molecule has 1 unspecified atom stereocenters. The van der Waals surface area contributed by atoms with Gasteiger partial charge in [-0.3, -0.25) is 9.59 Å². The lowest BCUT2D eigenvalue weighted by Gasteiger charge is -2.16. The Hall–Kier alpha value is -3.95. The molecule has 6 N–H and O–H groups in total. The van der Waals surface area contributed by atoms with Crippen molar-refractivity contribution in [3.8, 4) is 5.69 Å². The average Bonchev–Trinajstić information content (AvgIpc) is 3.21. The molecule has 0 saturated heterocycles. The number of amides is 2. The molecule has 10 heteroatoms. The molecule has 2 amide bonds. The van der Waals surface area contributed by atoms with Crippen molar-refractivity contribution in [3.63, 3.8) is 0 Å². The van der Waals surface area contributed by atoms with E-state index in [1.54, 1.807) is 12.5 Å². The van der Waals surface area contributed by atoms with Crippen LogP contribution in [0.15, 0.2) is 49.2 Å². The van der Waals surface area contributed by atoms with Crippen LogP contribution in [0.3, 0.4) is 0 Å². The Balaban J connectivity index is 1.85. The normalized spacial score (nSPS) is 11.6. The fraction of sp³-hybridized carbons (Fsp3) is 0.167. The van der Waals surface area contributed by atoms with Crippen LogP contribution in [0.4, 0.5) is 17.3 Å². The first kappa shape index (κ1) is 18.8. The number of carbonyl (C=O) groups excluding carboxylic acids is 2. The lowest BCUT2D eigenvalue weighted by Crippen LogP contribution is -2.35. The van der Waals surface area contributed by atoms with Gasteiger partial charge in [0.1, 0.15) is 11.9 Å². The molecular formula is C18H20N8O2. The van der Waals surface area contributed by atoms with E-state index in [0.29, 0.717) is 17.9 Å². The summed E-state index contributed by atoms with van der Waals surface area (Å²) in [4.78, 5) is 35.5. The SMILES string of the molecule is CCC(Nc1cnc(C(N)=O)c(Nc2ccc(-n3ccnc3)cc2)n1)C(N)=O. The first-order valence-corrected chi connectivity index (χ1v) is 8.56. The first-order chi connectivity index (χ1) is 13.5. The van der Waals surface area contributed by atoms with Crippen LogP contribution in [-0.4, -0.2) is 37.4 Å². The minimum Gasteiger partial charge on any atom is -0.368 e. The van der Waals surface area contributed by atoms with Crippen molar-refractivity contribution in [1.82, 2.24) is 19.5 Å². The van der Waals surface area contributed by atoms with E-state index in [1.807, 2.05) is 42.0 Å². The number of rotatable bonds is 8. The molecule has 0 fully saturated rings. The molecule has 28 heavy (non-hydrogen) atoms. The predicted octanol–water partition coefficient (Wildman–Crippen LogP) is 1.18. The highest BCUT2D eigenvalue weighted by atomic mass is 16.1. The second-order valence-corrected chi connectivity index (χ2v) is 5.97. The van der Waals surface area contributed by atoms with Gasteiger partial charge in [-0.1, -0.05) is 6.92 Å². The Kier molecular flexibility index (Phi) is 5.49. The summed E-state index contributed by atoms with van der Waals surface area (Å²) in [5.41, 5.74) is 12.3. The number of carbonyl (C=O) groups is 2. The van der Waals surface area contributed by atoms with Crippen molar-refractivity contribution in [2.75, 3.05) is 10.6 Å². The maximum atomic E-state index is 11.7. The molecular weight excluding hydrogens is 360 g/mol. The van der Waals surface area contributed by atoms with Gasteiger partial charge < -0.3 is 26.7 Å². The number of aromatic nitrogens is 4. The summed E-state index contributed by atoms with van der Waals surface area (Å²) in [6, 6.07) is 6.80. The first-order valence-electron chi connectivity index (χ1n) is 8.56. The highest BCUT2D eigenvalue weighted by Gasteiger charge is 2.17. The molecule has 10 nitrogen and oxygen atoms in total. The third kappa shape index (κ3) is 4.23. The van der Waals surface area contributed by atoms with Crippen molar-refractivity contribution in [1.29, 1.82) is 0 Å². The molecule has 2 aromatic heterocycles. The summed E-state index contributed by atoms with van der Waals surface area (Å²) in [6.45, 7) is 1.81. The Bertz CT molecular complexity index is 970. The summed E-state index contributed by atoms with van der Waals surface area (Å²) < 4.78 is 1.86. The second kappa shape index (κ2) is 8.16. The molecule has 0 bridgehead atoms. The number of hydrogen-bond donors (Lipinski definition) is 4. The van der Waals surface area contributed by atoms with Gasteiger partial charge in [-0.2, -0.15) is 0 Å². The van der Waals surface area contributed by atoms with Gasteiger partial charge in [0.15, 0.2) is 11.5 Å². The zero-order chi connectivity index (χ0) is 20.1. The van der Waals surface area contributed by atoms with Crippen molar-refractivity contribution in [2.45, 2.75) is 19.4 Å². The van der Waals surface area contributed by atoms with E-state index in [0.717, 1.165) is 5.69 Å². The molecule has 2 heterocycles.